The van der Waals surface area contributed by atoms with Gasteiger partial charge in [-0.3, -0.25) is 4.79 Å². The summed E-state index contributed by atoms with van der Waals surface area (Å²) in [7, 11) is 0. The third-order valence-corrected chi connectivity index (χ3v) is 5.47. The third kappa shape index (κ3) is 11.3. The van der Waals surface area contributed by atoms with E-state index >= 15 is 0 Å². The van der Waals surface area contributed by atoms with Crippen LogP contribution in [0.25, 0.3) is 18.2 Å². The Hall–Kier alpha value is -4.87. The van der Waals surface area contributed by atoms with Crippen LogP contribution in [0, 0.1) is 0 Å². The molecule has 0 aliphatic rings. The Balaban J connectivity index is 0.000000307. The Bertz CT molecular complexity index is 1370. The van der Waals surface area contributed by atoms with Crippen molar-refractivity contribution in [2.45, 2.75) is 26.7 Å². The number of phenolic OH excluding ortho intramolecular Hbond substituents is 1. The lowest BCUT2D eigenvalue weighted by molar-refractivity contribution is -0.131. The van der Waals surface area contributed by atoms with Gasteiger partial charge < -0.3 is 19.3 Å². The molecule has 0 bridgehead atoms. The van der Waals surface area contributed by atoms with Crippen LogP contribution in [-0.4, -0.2) is 17.4 Å². The number of hydrogen-bond acceptors (Lipinski definition) is 5. The van der Waals surface area contributed by atoms with Crippen molar-refractivity contribution in [1.29, 1.82) is 0 Å². The van der Waals surface area contributed by atoms with Gasteiger partial charge in [0.15, 0.2) is 6.29 Å². The van der Waals surface area contributed by atoms with Crippen molar-refractivity contribution in [1.82, 2.24) is 0 Å². The van der Waals surface area contributed by atoms with Gasteiger partial charge in [-0.2, -0.15) is 0 Å². The van der Waals surface area contributed by atoms with Crippen molar-refractivity contribution in [3.8, 4) is 17.2 Å². The van der Waals surface area contributed by atoms with E-state index in [0.717, 1.165) is 28.0 Å². The first-order valence-electron chi connectivity index (χ1n) is 12.9. The molecule has 4 rings (SSSR count). The van der Waals surface area contributed by atoms with Crippen LogP contribution >= 0.6 is 0 Å². The minimum atomic E-state index is -0.324. The Kier molecular flexibility index (Phi) is 12.0. The summed E-state index contributed by atoms with van der Waals surface area (Å²) in [5, 5.41) is 9.28. The zero-order valence-electron chi connectivity index (χ0n) is 22.8. The maximum Gasteiger partial charge on any atom is 0.308 e. The highest BCUT2D eigenvalue weighted by molar-refractivity contribution is 5.69. The summed E-state index contributed by atoms with van der Waals surface area (Å²) in [5.74, 6) is 1.31. The molecule has 5 heteroatoms. The topological polar surface area (TPSA) is 65.0 Å². The average Bonchev–Trinajstić information content (AvgIpc) is 2.97. The quantitative estimate of drug-likeness (QED) is 0.0959. The summed E-state index contributed by atoms with van der Waals surface area (Å²) in [6, 6.07) is 32.2. The first-order chi connectivity index (χ1) is 19.4. The maximum absolute atomic E-state index is 10.5. The number of esters is 1. The molecule has 0 heterocycles. The largest absolute Gasteiger partial charge is 0.508 e. The van der Waals surface area contributed by atoms with Gasteiger partial charge in [0.25, 0.3) is 0 Å². The van der Waals surface area contributed by atoms with Crippen molar-refractivity contribution in [2.75, 3.05) is 0 Å². The Morgan fingerprint density at radius 1 is 0.775 bits per heavy atom. The summed E-state index contributed by atoms with van der Waals surface area (Å²) in [4.78, 5) is 10.5. The second-order valence-electron chi connectivity index (χ2n) is 8.73. The summed E-state index contributed by atoms with van der Waals surface area (Å²) >= 11 is 0. The number of allylic oxidation sites excluding steroid dienone is 2. The van der Waals surface area contributed by atoms with Crippen LogP contribution in [0.4, 0.5) is 0 Å². The molecule has 4 aromatic rings. The van der Waals surface area contributed by atoms with E-state index in [2.05, 4.69) is 6.58 Å². The second kappa shape index (κ2) is 16.2. The van der Waals surface area contributed by atoms with Gasteiger partial charge in [0.05, 0.1) is 6.61 Å². The lowest BCUT2D eigenvalue weighted by Crippen LogP contribution is -2.16. The fourth-order valence-corrected chi connectivity index (χ4v) is 3.43. The van der Waals surface area contributed by atoms with Gasteiger partial charge in [0.1, 0.15) is 17.2 Å². The summed E-state index contributed by atoms with van der Waals surface area (Å²) in [6.45, 7) is 7.41. The van der Waals surface area contributed by atoms with Gasteiger partial charge in [0, 0.05) is 6.92 Å². The van der Waals surface area contributed by atoms with Gasteiger partial charge in [-0.05, 0) is 65.6 Å². The smallest absolute Gasteiger partial charge is 0.308 e. The molecule has 0 aromatic heterocycles. The highest BCUT2D eigenvalue weighted by Gasteiger charge is 2.04. The van der Waals surface area contributed by atoms with Crippen molar-refractivity contribution in [3.05, 3.63) is 144 Å². The number of carbonyl (C=O) groups excluding carboxylic acids is 1. The van der Waals surface area contributed by atoms with Crippen molar-refractivity contribution >= 4 is 24.2 Å². The summed E-state index contributed by atoms with van der Waals surface area (Å²) in [6.07, 6.45) is 9.37. The van der Waals surface area contributed by atoms with E-state index in [1.807, 2.05) is 110 Å². The van der Waals surface area contributed by atoms with E-state index in [0.29, 0.717) is 12.4 Å². The van der Waals surface area contributed by atoms with Gasteiger partial charge in [-0.15, -0.1) is 0 Å². The maximum atomic E-state index is 10.5. The highest BCUT2D eigenvalue weighted by atomic mass is 16.7. The van der Waals surface area contributed by atoms with Gasteiger partial charge in [-0.1, -0.05) is 104 Å². The molecule has 0 fully saturated rings. The second-order valence-corrected chi connectivity index (χ2v) is 8.73. The number of aromatic hydroxyl groups is 1. The molecular weight excluding hydrogens is 500 g/mol. The lowest BCUT2D eigenvalue weighted by Gasteiger charge is -2.15. The van der Waals surface area contributed by atoms with Crippen LogP contribution in [0.3, 0.4) is 0 Å². The van der Waals surface area contributed by atoms with Crippen LogP contribution in [0.2, 0.25) is 0 Å². The highest BCUT2D eigenvalue weighted by Crippen LogP contribution is 2.17. The Morgan fingerprint density at radius 2 is 1.30 bits per heavy atom. The van der Waals surface area contributed by atoms with Crippen LogP contribution in [-0.2, 0) is 16.1 Å². The van der Waals surface area contributed by atoms with Crippen molar-refractivity contribution < 1.29 is 24.1 Å². The van der Waals surface area contributed by atoms with E-state index in [4.69, 9.17) is 14.2 Å². The summed E-state index contributed by atoms with van der Waals surface area (Å²) < 4.78 is 16.4. The third-order valence-electron chi connectivity index (χ3n) is 5.47. The standard InChI is InChI=1S/C25H24O3.C10H10O2/c1-20(27-19-23-9-3-2-4-10-23)28-25-17-13-22(14-18-25)8-6-5-7-21-11-15-24(26)16-12-21;1-3-9-4-6-10(7-5-9)12-8(2)11/h2-18,20,26H,19H2,1H3;3-7H,1H2,2H3. The molecule has 0 saturated heterocycles. The molecule has 204 valence electrons. The number of ether oxygens (including phenoxy) is 3. The fourth-order valence-electron chi connectivity index (χ4n) is 3.43. The molecule has 1 unspecified atom stereocenters. The molecular formula is C35H34O5. The van der Waals surface area contributed by atoms with Crippen molar-refractivity contribution in [3.63, 3.8) is 0 Å². The molecule has 0 radical (unpaired) electrons. The monoisotopic (exact) mass is 534 g/mol. The molecule has 5 nitrogen and oxygen atoms in total. The molecule has 0 aliphatic carbocycles. The first-order valence-corrected chi connectivity index (χ1v) is 12.9. The van der Waals surface area contributed by atoms with Gasteiger partial charge in [-0.25, -0.2) is 0 Å². The normalized spacial score (nSPS) is 11.4. The van der Waals surface area contributed by atoms with Crippen LogP contribution in [0.5, 0.6) is 17.2 Å². The molecule has 0 amide bonds. The molecule has 0 saturated carbocycles. The van der Waals surface area contributed by atoms with Crippen LogP contribution in [0.1, 0.15) is 36.1 Å². The van der Waals surface area contributed by atoms with E-state index in [9.17, 15) is 9.90 Å². The van der Waals surface area contributed by atoms with E-state index in [-0.39, 0.29) is 18.0 Å². The van der Waals surface area contributed by atoms with E-state index < -0.39 is 0 Å². The van der Waals surface area contributed by atoms with Gasteiger partial charge >= 0.3 is 5.97 Å². The SMILES string of the molecule is C=Cc1ccc(OC(C)=O)cc1.CC(OCc1ccccc1)Oc1ccc(C=CC=Cc2ccc(O)cc2)cc1. The Morgan fingerprint density at radius 3 is 1.85 bits per heavy atom. The fraction of sp³-hybridized carbons (Fsp3) is 0.114. The average molecular weight is 535 g/mol. The number of hydrogen-bond donors (Lipinski definition) is 1. The van der Waals surface area contributed by atoms with Crippen molar-refractivity contribution in [2.24, 2.45) is 0 Å². The summed E-state index contributed by atoms with van der Waals surface area (Å²) in [5.41, 5.74) is 4.25. The first kappa shape index (κ1) is 29.7. The van der Waals surface area contributed by atoms with E-state index in [1.54, 1.807) is 30.3 Å². The number of rotatable bonds is 10. The molecule has 0 aliphatic heterocycles. The number of phenols is 1. The zero-order chi connectivity index (χ0) is 28.6. The van der Waals surface area contributed by atoms with Crippen LogP contribution < -0.4 is 9.47 Å². The lowest BCUT2D eigenvalue weighted by atomic mass is 10.2. The number of carbonyl (C=O) groups is 1. The van der Waals surface area contributed by atoms with Crippen LogP contribution in [0.15, 0.2) is 122 Å². The van der Waals surface area contributed by atoms with E-state index in [1.165, 1.54) is 6.92 Å². The molecule has 40 heavy (non-hydrogen) atoms. The number of benzene rings is 4. The minimum Gasteiger partial charge on any atom is -0.508 e. The molecule has 1 atom stereocenters. The Labute approximate surface area is 236 Å². The minimum absolute atomic E-state index is 0.273. The molecule has 4 aromatic carbocycles. The molecule has 0 spiro atoms. The predicted octanol–water partition coefficient (Wildman–Crippen LogP) is 8.32. The van der Waals surface area contributed by atoms with Gasteiger partial charge in [0.2, 0.25) is 0 Å². The molecule has 1 N–H and O–H groups in total. The zero-order valence-corrected chi connectivity index (χ0v) is 22.8. The predicted molar refractivity (Wildman–Crippen MR) is 162 cm³/mol.